The molecule has 4 heteroatoms. The van der Waals surface area contributed by atoms with Crippen LogP contribution in [0.5, 0.6) is 0 Å². The van der Waals surface area contributed by atoms with Crippen molar-refractivity contribution in [1.82, 2.24) is 9.55 Å². The van der Waals surface area contributed by atoms with Crippen molar-refractivity contribution >= 4 is 11.6 Å². The van der Waals surface area contributed by atoms with Gasteiger partial charge in [-0.3, -0.25) is 0 Å². The number of nitrogens with zero attached hydrogens (tertiary/aromatic N) is 2. The van der Waals surface area contributed by atoms with Crippen molar-refractivity contribution in [2.24, 2.45) is 5.73 Å². The summed E-state index contributed by atoms with van der Waals surface area (Å²) in [7, 11) is 0. The summed E-state index contributed by atoms with van der Waals surface area (Å²) in [5.74, 6) is 0. The van der Waals surface area contributed by atoms with Crippen LogP contribution in [0.4, 0.5) is 0 Å². The monoisotopic (exact) mass is 235 g/mol. The van der Waals surface area contributed by atoms with Crippen LogP contribution >= 0.6 is 11.6 Å². The van der Waals surface area contributed by atoms with E-state index in [1.54, 1.807) is 6.33 Å². The molecule has 16 heavy (non-hydrogen) atoms. The van der Waals surface area contributed by atoms with Crippen LogP contribution in [0.25, 0.3) is 5.69 Å². The minimum absolute atomic E-state index is 0.465. The van der Waals surface area contributed by atoms with Crippen LogP contribution in [0.3, 0.4) is 0 Å². The van der Waals surface area contributed by atoms with Gasteiger partial charge in [0.25, 0.3) is 0 Å². The highest BCUT2D eigenvalue weighted by molar-refractivity contribution is 6.32. The lowest BCUT2D eigenvalue weighted by atomic mass is 10.1. The first-order valence-corrected chi connectivity index (χ1v) is 5.51. The quantitative estimate of drug-likeness (QED) is 0.870. The molecule has 1 aromatic carbocycles. The number of hydrogen-bond acceptors (Lipinski definition) is 2. The fourth-order valence-corrected chi connectivity index (χ4v) is 2.00. The Balaban J connectivity index is 2.68. The van der Waals surface area contributed by atoms with Gasteiger partial charge in [-0.05, 0) is 25.5 Å². The second-order valence-corrected chi connectivity index (χ2v) is 4.14. The summed E-state index contributed by atoms with van der Waals surface area (Å²) in [4.78, 5) is 4.27. The lowest BCUT2D eigenvalue weighted by Crippen LogP contribution is -2.05. The third-order valence-corrected chi connectivity index (χ3v) is 3.09. The molecule has 0 bridgehead atoms. The number of aromatic nitrogens is 2. The van der Waals surface area contributed by atoms with Gasteiger partial charge >= 0.3 is 0 Å². The predicted molar refractivity (Wildman–Crippen MR) is 65.9 cm³/mol. The number of imidazole rings is 1. The lowest BCUT2D eigenvalue weighted by Gasteiger charge is -2.12. The molecule has 1 aromatic heterocycles. The standard InChI is InChI=1S/C12H14ClN3/c1-8-9(2)16(7-15-8)12-10(6-14)4-3-5-11(12)13/h3-5,7H,6,14H2,1-2H3. The van der Waals surface area contributed by atoms with Gasteiger partial charge in [0.05, 0.1) is 22.7 Å². The number of para-hydroxylation sites is 1. The fraction of sp³-hybridized carbons (Fsp3) is 0.250. The van der Waals surface area contributed by atoms with E-state index >= 15 is 0 Å². The van der Waals surface area contributed by atoms with Gasteiger partial charge in [0.1, 0.15) is 0 Å². The predicted octanol–water partition coefficient (Wildman–Crippen LogP) is 2.60. The SMILES string of the molecule is Cc1ncn(-c2c(Cl)cccc2CN)c1C. The van der Waals surface area contributed by atoms with Crippen LogP contribution in [-0.2, 0) is 6.54 Å². The van der Waals surface area contributed by atoms with Gasteiger partial charge in [-0.2, -0.15) is 0 Å². The maximum atomic E-state index is 6.22. The molecule has 0 aliphatic rings. The third kappa shape index (κ3) is 1.72. The smallest absolute Gasteiger partial charge is 0.0998 e. The molecule has 2 N–H and O–H groups in total. The molecule has 0 fully saturated rings. The zero-order valence-corrected chi connectivity index (χ0v) is 10.1. The molecular weight excluding hydrogens is 222 g/mol. The number of hydrogen-bond donors (Lipinski definition) is 1. The lowest BCUT2D eigenvalue weighted by molar-refractivity contribution is 0.952. The maximum Gasteiger partial charge on any atom is 0.0998 e. The van der Waals surface area contributed by atoms with Crippen LogP contribution in [-0.4, -0.2) is 9.55 Å². The van der Waals surface area contributed by atoms with Gasteiger partial charge in [-0.1, -0.05) is 23.7 Å². The van der Waals surface area contributed by atoms with E-state index in [2.05, 4.69) is 4.98 Å². The average molecular weight is 236 g/mol. The molecule has 0 spiro atoms. The van der Waals surface area contributed by atoms with Crippen LogP contribution in [0.15, 0.2) is 24.5 Å². The summed E-state index contributed by atoms with van der Waals surface area (Å²) in [5, 5.41) is 0.698. The molecule has 0 radical (unpaired) electrons. The molecule has 0 unspecified atom stereocenters. The van der Waals surface area contributed by atoms with Gasteiger partial charge in [0.2, 0.25) is 0 Å². The Bertz CT molecular complexity index is 517. The van der Waals surface area contributed by atoms with Gasteiger partial charge in [0, 0.05) is 12.2 Å². The Morgan fingerprint density at radius 3 is 2.69 bits per heavy atom. The zero-order chi connectivity index (χ0) is 11.7. The molecule has 84 valence electrons. The van der Waals surface area contributed by atoms with E-state index in [4.69, 9.17) is 17.3 Å². The van der Waals surface area contributed by atoms with Crippen molar-refractivity contribution < 1.29 is 0 Å². The van der Waals surface area contributed by atoms with E-state index in [1.807, 2.05) is 36.6 Å². The number of rotatable bonds is 2. The molecule has 1 heterocycles. The van der Waals surface area contributed by atoms with E-state index in [1.165, 1.54) is 0 Å². The summed E-state index contributed by atoms with van der Waals surface area (Å²) in [6, 6.07) is 5.76. The summed E-state index contributed by atoms with van der Waals surface area (Å²) in [5.41, 5.74) is 9.77. The Morgan fingerprint density at radius 2 is 2.12 bits per heavy atom. The summed E-state index contributed by atoms with van der Waals surface area (Å²) in [6.45, 7) is 4.46. The average Bonchev–Trinajstić information content (AvgIpc) is 2.60. The molecule has 0 atom stereocenters. The van der Waals surface area contributed by atoms with Gasteiger partial charge in [0.15, 0.2) is 0 Å². The van der Waals surface area contributed by atoms with Crippen molar-refractivity contribution in [1.29, 1.82) is 0 Å². The first-order valence-electron chi connectivity index (χ1n) is 5.13. The van der Waals surface area contributed by atoms with E-state index in [0.717, 1.165) is 22.6 Å². The number of benzene rings is 1. The summed E-state index contributed by atoms with van der Waals surface area (Å²) < 4.78 is 1.99. The highest BCUT2D eigenvalue weighted by Gasteiger charge is 2.11. The van der Waals surface area contributed by atoms with Gasteiger partial charge in [-0.25, -0.2) is 4.98 Å². The molecule has 2 aromatic rings. The Labute approximate surface area is 99.9 Å². The summed E-state index contributed by atoms with van der Waals surface area (Å²) in [6.07, 6.45) is 1.78. The molecule has 0 aliphatic carbocycles. The van der Waals surface area contributed by atoms with Crippen LogP contribution in [0.1, 0.15) is 17.0 Å². The van der Waals surface area contributed by atoms with E-state index in [9.17, 15) is 0 Å². The largest absolute Gasteiger partial charge is 0.326 e. The van der Waals surface area contributed by atoms with E-state index in [0.29, 0.717) is 11.6 Å². The van der Waals surface area contributed by atoms with Crippen molar-refractivity contribution in [3.8, 4) is 5.69 Å². The fourth-order valence-electron chi connectivity index (χ4n) is 1.72. The minimum atomic E-state index is 0.465. The molecule has 0 aliphatic heterocycles. The first kappa shape index (κ1) is 11.2. The molecule has 3 nitrogen and oxygen atoms in total. The Hall–Kier alpha value is -1.32. The van der Waals surface area contributed by atoms with Crippen molar-refractivity contribution in [2.75, 3.05) is 0 Å². The van der Waals surface area contributed by atoms with E-state index in [-0.39, 0.29) is 0 Å². The van der Waals surface area contributed by atoms with Crippen molar-refractivity contribution in [2.45, 2.75) is 20.4 Å². The van der Waals surface area contributed by atoms with E-state index < -0.39 is 0 Å². The maximum absolute atomic E-state index is 6.22. The molecular formula is C12H14ClN3. The van der Waals surface area contributed by atoms with Crippen molar-refractivity contribution in [3.05, 3.63) is 46.5 Å². The molecule has 0 saturated heterocycles. The molecule has 0 saturated carbocycles. The van der Waals surface area contributed by atoms with Crippen LogP contribution in [0, 0.1) is 13.8 Å². The third-order valence-electron chi connectivity index (χ3n) is 2.78. The minimum Gasteiger partial charge on any atom is -0.326 e. The van der Waals surface area contributed by atoms with Gasteiger partial charge in [-0.15, -0.1) is 0 Å². The highest BCUT2D eigenvalue weighted by atomic mass is 35.5. The molecule has 2 rings (SSSR count). The highest BCUT2D eigenvalue weighted by Crippen LogP contribution is 2.26. The van der Waals surface area contributed by atoms with Crippen LogP contribution < -0.4 is 5.73 Å². The number of halogens is 1. The second kappa shape index (κ2) is 4.28. The number of nitrogens with two attached hydrogens (primary N) is 1. The Morgan fingerprint density at radius 1 is 1.38 bits per heavy atom. The van der Waals surface area contributed by atoms with Crippen LogP contribution in [0.2, 0.25) is 5.02 Å². The zero-order valence-electron chi connectivity index (χ0n) is 9.37. The second-order valence-electron chi connectivity index (χ2n) is 3.74. The topological polar surface area (TPSA) is 43.8 Å². The number of aryl methyl sites for hydroxylation is 1. The first-order chi connectivity index (χ1) is 7.65. The normalized spacial score (nSPS) is 10.8. The molecule has 0 amide bonds. The Kier molecular flexibility index (Phi) is 2.99. The summed E-state index contributed by atoms with van der Waals surface area (Å²) >= 11 is 6.22. The van der Waals surface area contributed by atoms with Gasteiger partial charge < -0.3 is 10.3 Å². The van der Waals surface area contributed by atoms with Crippen molar-refractivity contribution in [3.63, 3.8) is 0 Å².